The summed E-state index contributed by atoms with van der Waals surface area (Å²) in [6.07, 6.45) is 1.03. The number of rotatable bonds is 4. The first kappa shape index (κ1) is 18.2. The molecular weight excluding hydrogens is 377 g/mol. The molecule has 0 aliphatic rings. The van der Waals surface area contributed by atoms with Crippen LogP contribution in [0, 0.1) is 13.8 Å². The Bertz CT molecular complexity index is 1050. The molecule has 134 valence electrons. The molecule has 0 aliphatic carbocycles. The minimum atomic E-state index is -0.611. The van der Waals surface area contributed by atoms with Gasteiger partial charge in [0.2, 0.25) is 0 Å². The number of aromatic amines is 1. The number of aromatic nitrogens is 3. The van der Waals surface area contributed by atoms with Gasteiger partial charge in [0, 0.05) is 0 Å². The van der Waals surface area contributed by atoms with E-state index in [4.69, 9.17) is 27.9 Å². The lowest BCUT2D eigenvalue weighted by atomic mass is 10.1. The van der Waals surface area contributed by atoms with Crippen LogP contribution >= 0.6 is 23.2 Å². The monoisotopic (exact) mass is 391 g/mol. The van der Waals surface area contributed by atoms with E-state index < -0.39 is 11.2 Å². The number of benzene rings is 2. The number of nitrogens with one attached hydrogen (secondary N) is 1. The Morgan fingerprint density at radius 1 is 1.04 bits per heavy atom. The second-order valence-electron chi connectivity index (χ2n) is 5.91. The van der Waals surface area contributed by atoms with E-state index in [2.05, 4.69) is 10.1 Å². The maximum absolute atomic E-state index is 11.7. The highest BCUT2D eigenvalue weighted by molar-refractivity contribution is 6.37. The third-order valence-corrected chi connectivity index (χ3v) is 4.15. The SMILES string of the molecule is Cc1cc(C)cc(Oc2c(Cl)cc(Cn3ncc(=O)[nH]c3=O)cc2Cl)c1. The fourth-order valence-electron chi connectivity index (χ4n) is 2.57. The number of aryl methyl sites for hydroxylation is 2. The second-order valence-corrected chi connectivity index (χ2v) is 6.73. The van der Waals surface area contributed by atoms with Crippen molar-refractivity contribution in [1.29, 1.82) is 0 Å². The van der Waals surface area contributed by atoms with Crippen LogP contribution < -0.4 is 16.0 Å². The smallest absolute Gasteiger partial charge is 0.345 e. The van der Waals surface area contributed by atoms with Crippen LogP contribution in [0.4, 0.5) is 0 Å². The first-order valence-electron chi connectivity index (χ1n) is 7.72. The van der Waals surface area contributed by atoms with Gasteiger partial charge >= 0.3 is 5.69 Å². The molecule has 26 heavy (non-hydrogen) atoms. The highest BCUT2D eigenvalue weighted by Crippen LogP contribution is 2.38. The Labute approximate surface area is 159 Å². The molecule has 0 atom stereocenters. The van der Waals surface area contributed by atoms with Crippen molar-refractivity contribution in [3.63, 3.8) is 0 Å². The predicted molar refractivity (Wildman–Crippen MR) is 101 cm³/mol. The average Bonchev–Trinajstić information content (AvgIpc) is 2.53. The molecule has 0 unspecified atom stereocenters. The highest BCUT2D eigenvalue weighted by Gasteiger charge is 2.12. The molecule has 0 spiro atoms. The number of nitrogens with zero attached hydrogens (tertiary/aromatic N) is 2. The summed E-state index contributed by atoms with van der Waals surface area (Å²) in [4.78, 5) is 25.0. The van der Waals surface area contributed by atoms with Crippen LogP contribution in [0.2, 0.25) is 10.0 Å². The van der Waals surface area contributed by atoms with E-state index >= 15 is 0 Å². The molecule has 3 aromatic rings. The minimum Gasteiger partial charge on any atom is -0.454 e. The zero-order valence-corrected chi connectivity index (χ0v) is 15.6. The van der Waals surface area contributed by atoms with Gasteiger partial charge in [-0.2, -0.15) is 5.10 Å². The zero-order valence-electron chi connectivity index (χ0n) is 14.0. The van der Waals surface area contributed by atoms with E-state index in [0.717, 1.165) is 22.0 Å². The van der Waals surface area contributed by atoms with Gasteiger partial charge in [-0.1, -0.05) is 29.3 Å². The predicted octanol–water partition coefficient (Wildman–Crippen LogP) is 3.70. The van der Waals surface area contributed by atoms with E-state index in [9.17, 15) is 9.59 Å². The summed E-state index contributed by atoms with van der Waals surface area (Å²) in [6.45, 7) is 4.06. The summed E-state index contributed by atoms with van der Waals surface area (Å²) in [5, 5.41) is 4.40. The Morgan fingerprint density at radius 2 is 1.65 bits per heavy atom. The van der Waals surface area contributed by atoms with Crippen molar-refractivity contribution in [2.45, 2.75) is 20.4 Å². The molecule has 0 amide bonds. The van der Waals surface area contributed by atoms with Gasteiger partial charge in [-0.3, -0.25) is 9.78 Å². The molecule has 0 saturated heterocycles. The summed E-state index contributed by atoms with van der Waals surface area (Å²) >= 11 is 12.6. The van der Waals surface area contributed by atoms with Crippen molar-refractivity contribution in [1.82, 2.24) is 14.8 Å². The number of ether oxygens (including phenoxy) is 1. The molecule has 0 bridgehead atoms. The lowest BCUT2D eigenvalue weighted by molar-refractivity contribution is 0.482. The number of H-pyrrole nitrogens is 1. The van der Waals surface area contributed by atoms with Gasteiger partial charge in [-0.05, 0) is 54.8 Å². The van der Waals surface area contributed by atoms with Gasteiger partial charge in [-0.25, -0.2) is 9.48 Å². The Hall–Kier alpha value is -2.57. The molecule has 0 aliphatic heterocycles. The topological polar surface area (TPSA) is 77.0 Å². The fourth-order valence-corrected chi connectivity index (χ4v) is 3.18. The van der Waals surface area contributed by atoms with Crippen molar-refractivity contribution >= 4 is 23.2 Å². The third-order valence-electron chi connectivity index (χ3n) is 3.58. The molecule has 3 rings (SSSR count). The number of halogens is 2. The Balaban J connectivity index is 1.90. The molecule has 1 heterocycles. The zero-order chi connectivity index (χ0) is 18.8. The van der Waals surface area contributed by atoms with Crippen molar-refractivity contribution in [2.75, 3.05) is 0 Å². The summed E-state index contributed by atoms with van der Waals surface area (Å²) in [7, 11) is 0. The summed E-state index contributed by atoms with van der Waals surface area (Å²) in [5.41, 5.74) is 1.61. The van der Waals surface area contributed by atoms with Crippen LogP contribution in [0.15, 0.2) is 46.1 Å². The molecular formula is C18H15Cl2N3O3. The van der Waals surface area contributed by atoms with Crippen LogP contribution in [0.5, 0.6) is 11.5 Å². The summed E-state index contributed by atoms with van der Waals surface area (Å²) < 4.78 is 6.96. The Kier molecular flexibility index (Phi) is 5.15. The van der Waals surface area contributed by atoms with Crippen LogP contribution in [0.25, 0.3) is 0 Å². The van der Waals surface area contributed by atoms with E-state index in [1.165, 1.54) is 0 Å². The quantitative estimate of drug-likeness (QED) is 0.735. The molecule has 0 radical (unpaired) electrons. The standard InChI is InChI=1S/C18H15Cl2N3O3/c1-10-3-11(2)5-13(4-10)26-17-14(19)6-12(7-15(17)20)9-23-18(25)22-16(24)8-21-23/h3-8H,9H2,1-2H3,(H,22,24,25). The number of hydrogen-bond acceptors (Lipinski definition) is 4. The minimum absolute atomic E-state index is 0.110. The van der Waals surface area contributed by atoms with Gasteiger partial charge in [0.15, 0.2) is 5.75 Å². The first-order valence-corrected chi connectivity index (χ1v) is 8.48. The van der Waals surface area contributed by atoms with Gasteiger partial charge < -0.3 is 4.74 Å². The maximum atomic E-state index is 11.7. The van der Waals surface area contributed by atoms with Gasteiger partial charge in [0.1, 0.15) is 11.9 Å². The molecule has 1 aromatic heterocycles. The third kappa shape index (κ3) is 4.15. The van der Waals surface area contributed by atoms with Gasteiger partial charge in [0.25, 0.3) is 5.56 Å². The van der Waals surface area contributed by atoms with Crippen LogP contribution in [0.1, 0.15) is 16.7 Å². The van der Waals surface area contributed by atoms with E-state index in [-0.39, 0.29) is 6.54 Å². The van der Waals surface area contributed by atoms with E-state index in [1.807, 2.05) is 32.0 Å². The molecule has 0 saturated carbocycles. The lowest BCUT2D eigenvalue weighted by Crippen LogP contribution is -2.31. The highest BCUT2D eigenvalue weighted by atomic mass is 35.5. The average molecular weight is 392 g/mol. The molecule has 1 N–H and O–H groups in total. The fraction of sp³-hybridized carbons (Fsp3) is 0.167. The van der Waals surface area contributed by atoms with Crippen LogP contribution in [-0.4, -0.2) is 14.8 Å². The molecule has 6 nitrogen and oxygen atoms in total. The largest absolute Gasteiger partial charge is 0.454 e. The summed E-state index contributed by atoms with van der Waals surface area (Å²) in [5.74, 6) is 0.974. The first-order chi connectivity index (χ1) is 12.3. The molecule has 2 aromatic carbocycles. The number of hydrogen-bond donors (Lipinski definition) is 1. The van der Waals surface area contributed by atoms with Crippen LogP contribution in [-0.2, 0) is 6.54 Å². The van der Waals surface area contributed by atoms with Crippen molar-refractivity contribution < 1.29 is 4.74 Å². The lowest BCUT2D eigenvalue weighted by Gasteiger charge is -2.13. The van der Waals surface area contributed by atoms with Gasteiger partial charge in [0.05, 0.1) is 16.6 Å². The summed E-state index contributed by atoms with van der Waals surface area (Å²) in [6, 6.07) is 9.10. The van der Waals surface area contributed by atoms with Gasteiger partial charge in [-0.15, -0.1) is 0 Å². The van der Waals surface area contributed by atoms with E-state index in [1.54, 1.807) is 12.1 Å². The van der Waals surface area contributed by atoms with E-state index in [0.29, 0.717) is 27.1 Å². The molecule has 0 fully saturated rings. The maximum Gasteiger partial charge on any atom is 0.345 e. The normalized spacial score (nSPS) is 10.8. The van der Waals surface area contributed by atoms with Crippen molar-refractivity contribution in [2.24, 2.45) is 0 Å². The van der Waals surface area contributed by atoms with Crippen molar-refractivity contribution in [3.8, 4) is 11.5 Å². The van der Waals surface area contributed by atoms with Crippen molar-refractivity contribution in [3.05, 3.63) is 84.1 Å². The molecule has 8 heteroatoms. The van der Waals surface area contributed by atoms with Crippen LogP contribution in [0.3, 0.4) is 0 Å². The Morgan fingerprint density at radius 3 is 2.23 bits per heavy atom. The second kappa shape index (κ2) is 7.35.